The van der Waals surface area contributed by atoms with Crippen molar-refractivity contribution in [3.8, 4) is 6.07 Å². The van der Waals surface area contributed by atoms with Gasteiger partial charge in [-0.1, -0.05) is 41.5 Å². The minimum atomic E-state index is -3.26. The van der Waals surface area contributed by atoms with E-state index in [1.165, 1.54) is 0 Å². The summed E-state index contributed by atoms with van der Waals surface area (Å²) in [5, 5.41) is 8.86. The fourth-order valence-corrected chi connectivity index (χ4v) is 3.91. The Morgan fingerprint density at radius 3 is 2.19 bits per heavy atom. The first-order valence-electron chi connectivity index (χ1n) is 6.64. The molecular weight excluding hydrogens is 282 g/mol. The lowest BCUT2D eigenvalue weighted by molar-refractivity contribution is 0.594. The summed E-state index contributed by atoms with van der Waals surface area (Å²) in [6.45, 7) is 3.92. The quantitative estimate of drug-likeness (QED) is 0.870. The van der Waals surface area contributed by atoms with E-state index in [0.717, 1.165) is 16.7 Å². The molecular formula is C17H17NO2S. The van der Waals surface area contributed by atoms with E-state index in [1.807, 2.05) is 38.1 Å². The zero-order valence-corrected chi connectivity index (χ0v) is 12.9. The van der Waals surface area contributed by atoms with Gasteiger partial charge in [-0.3, -0.25) is 0 Å². The van der Waals surface area contributed by atoms with Crippen LogP contribution in [0.2, 0.25) is 0 Å². The van der Waals surface area contributed by atoms with Gasteiger partial charge in [-0.2, -0.15) is 5.26 Å². The van der Waals surface area contributed by atoms with Gasteiger partial charge in [0.2, 0.25) is 0 Å². The molecule has 2 rings (SSSR count). The van der Waals surface area contributed by atoms with E-state index in [2.05, 4.69) is 0 Å². The Morgan fingerprint density at radius 1 is 0.952 bits per heavy atom. The molecule has 108 valence electrons. The molecule has 0 aliphatic carbocycles. The smallest absolute Gasteiger partial charge is 0.158 e. The number of hydrogen-bond acceptors (Lipinski definition) is 3. The van der Waals surface area contributed by atoms with Gasteiger partial charge in [0.05, 0.1) is 23.1 Å². The van der Waals surface area contributed by atoms with Crippen LogP contribution in [0.25, 0.3) is 0 Å². The summed E-state index contributed by atoms with van der Waals surface area (Å²) >= 11 is 0. The lowest BCUT2D eigenvalue weighted by Crippen LogP contribution is -2.08. The molecule has 0 unspecified atom stereocenters. The third-order valence-electron chi connectivity index (χ3n) is 3.11. The van der Waals surface area contributed by atoms with Crippen molar-refractivity contribution in [1.82, 2.24) is 0 Å². The first kappa shape index (κ1) is 15.3. The Kier molecular flexibility index (Phi) is 4.44. The average Bonchev–Trinajstić information content (AvgIpc) is 2.36. The van der Waals surface area contributed by atoms with Gasteiger partial charge in [-0.25, -0.2) is 8.42 Å². The number of aryl methyl sites for hydroxylation is 2. The van der Waals surface area contributed by atoms with E-state index in [-0.39, 0.29) is 11.5 Å². The molecule has 0 saturated heterocycles. The lowest BCUT2D eigenvalue weighted by Gasteiger charge is -2.07. The van der Waals surface area contributed by atoms with Crippen LogP contribution >= 0.6 is 0 Å². The molecule has 0 aromatic heterocycles. The molecule has 0 spiro atoms. The third kappa shape index (κ3) is 4.44. The molecule has 0 amide bonds. The Bertz CT molecular complexity index is 782. The SMILES string of the molecule is Cc1cc(C)cc(CS(=O)(=O)Cc2cccc(C#N)c2)c1. The van der Waals surface area contributed by atoms with Crippen molar-refractivity contribution in [2.45, 2.75) is 25.4 Å². The second-order valence-electron chi connectivity index (χ2n) is 5.34. The normalized spacial score (nSPS) is 11.1. The predicted molar refractivity (Wildman–Crippen MR) is 83.4 cm³/mol. The maximum atomic E-state index is 12.3. The van der Waals surface area contributed by atoms with Gasteiger partial charge < -0.3 is 0 Å². The van der Waals surface area contributed by atoms with Crippen molar-refractivity contribution in [2.75, 3.05) is 0 Å². The topological polar surface area (TPSA) is 57.9 Å². The van der Waals surface area contributed by atoms with Crippen LogP contribution in [-0.4, -0.2) is 8.42 Å². The standard InChI is InChI=1S/C17H17NO2S/c1-13-6-14(2)8-17(7-13)12-21(19,20)11-16-5-3-4-15(9-16)10-18/h3-9H,11-12H2,1-2H3. The van der Waals surface area contributed by atoms with Gasteiger partial charge in [-0.15, -0.1) is 0 Å². The molecule has 0 aliphatic rings. The Balaban J connectivity index is 2.20. The van der Waals surface area contributed by atoms with Crippen molar-refractivity contribution < 1.29 is 8.42 Å². The van der Waals surface area contributed by atoms with Crippen LogP contribution in [0, 0.1) is 25.2 Å². The average molecular weight is 299 g/mol. The Morgan fingerprint density at radius 2 is 1.57 bits per heavy atom. The summed E-state index contributed by atoms with van der Waals surface area (Å²) in [5.41, 5.74) is 4.06. The molecule has 3 nitrogen and oxygen atoms in total. The molecule has 0 radical (unpaired) electrons. The van der Waals surface area contributed by atoms with Crippen LogP contribution < -0.4 is 0 Å². The van der Waals surface area contributed by atoms with Gasteiger partial charge in [0, 0.05) is 0 Å². The van der Waals surface area contributed by atoms with Crippen molar-refractivity contribution >= 4 is 9.84 Å². The highest BCUT2D eigenvalue weighted by atomic mass is 32.2. The van der Waals surface area contributed by atoms with Crippen molar-refractivity contribution in [1.29, 1.82) is 5.26 Å². The van der Waals surface area contributed by atoms with E-state index < -0.39 is 9.84 Å². The summed E-state index contributed by atoms with van der Waals surface area (Å²) in [6, 6.07) is 14.6. The molecule has 0 N–H and O–H groups in total. The Hall–Kier alpha value is -2.12. The number of sulfone groups is 1. The molecule has 0 fully saturated rings. The van der Waals surface area contributed by atoms with Gasteiger partial charge in [0.25, 0.3) is 0 Å². The number of benzene rings is 2. The molecule has 0 heterocycles. The minimum Gasteiger partial charge on any atom is -0.228 e. The first-order chi connectivity index (χ1) is 9.88. The maximum absolute atomic E-state index is 12.3. The second-order valence-corrected chi connectivity index (χ2v) is 7.40. The maximum Gasteiger partial charge on any atom is 0.158 e. The van der Waals surface area contributed by atoms with E-state index in [4.69, 9.17) is 5.26 Å². The van der Waals surface area contributed by atoms with Crippen molar-refractivity contribution in [3.63, 3.8) is 0 Å². The number of nitrogens with zero attached hydrogens (tertiary/aromatic N) is 1. The predicted octanol–water partition coefficient (Wildman–Crippen LogP) is 3.29. The molecule has 4 heteroatoms. The highest BCUT2D eigenvalue weighted by Gasteiger charge is 2.14. The van der Waals surface area contributed by atoms with Crippen LogP contribution in [0.3, 0.4) is 0 Å². The summed E-state index contributed by atoms with van der Waals surface area (Å²) in [6.07, 6.45) is 0. The largest absolute Gasteiger partial charge is 0.228 e. The number of rotatable bonds is 4. The number of hydrogen-bond donors (Lipinski definition) is 0. The monoisotopic (exact) mass is 299 g/mol. The van der Waals surface area contributed by atoms with Gasteiger partial charge in [-0.05, 0) is 37.1 Å². The van der Waals surface area contributed by atoms with Gasteiger partial charge in [0.15, 0.2) is 9.84 Å². The summed E-state index contributed by atoms with van der Waals surface area (Å²) < 4.78 is 24.6. The summed E-state index contributed by atoms with van der Waals surface area (Å²) in [5.74, 6) is -0.0260. The third-order valence-corrected chi connectivity index (χ3v) is 4.66. The summed E-state index contributed by atoms with van der Waals surface area (Å²) in [7, 11) is -3.26. The van der Waals surface area contributed by atoms with Crippen LogP contribution in [0.4, 0.5) is 0 Å². The highest BCUT2D eigenvalue weighted by molar-refractivity contribution is 7.89. The van der Waals surface area contributed by atoms with Gasteiger partial charge in [0.1, 0.15) is 0 Å². The van der Waals surface area contributed by atoms with Crippen LogP contribution in [0.15, 0.2) is 42.5 Å². The zero-order valence-electron chi connectivity index (χ0n) is 12.1. The highest BCUT2D eigenvalue weighted by Crippen LogP contribution is 2.16. The molecule has 0 saturated carbocycles. The first-order valence-corrected chi connectivity index (χ1v) is 8.47. The lowest BCUT2D eigenvalue weighted by atomic mass is 10.1. The van der Waals surface area contributed by atoms with E-state index in [0.29, 0.717) is 11.1 Å². The number of nitriles is 1. The van der Waals surface area contributed by atoms with Crippen LogP contribution in [0.1, 0.15) is 27.8 Å². The summed E-state index contributed by atoms with van der Waals surface area (Å²) in [4.78, 5) is 0. The van der Waals surface area contributed by atoms with Crippen LogP contribution in [-0.2, 0) is 21.3 Å². The molecule has 0 bridgehead atoms. The Labute approximate surface area is 125 Å². The van der Waals surface area contributed by atoms with E-state index in [9.17, 15) is 8.42 Å². The fraction of sp³-hybridized carbons (Fsp3) is 0.235. The van der Waals surface area contributed by atoms with Crippen molar-refractivity contribution in [3.05, 3.63) is 70.3 Å². The molecule has 21 heavy (non-hydrogen) atoms. The second kappa shape index (κ2) is 6.11. The fourth-order valence-electron chi connectivity index (χ4n) is 2.44. The van der Waals surface area contributed by atoms with E-state index >= 15 is 0 Å². The van der Waals surface area contributed by atoms with Crippen LogP contribution in [0.5, 0.6) is 0 Å². The zero-order chi connectivity index (χ0) is 15.5. The van der Waals surface area contributed by atoms with Crippen molar-refractivity contribution in [2.24, 2.45) is 0 Å². The van der Waals surface area contributed by atoms with E-state index in [1.54, 1.807) is 24.3 Å². The van der Waals surface area contributed by atoms with Gasteiger partial charge >= 0.3 is 0 Å². The minimum absolute atomic E-state index is 0.0201. The molecule has 0 atom stereocenters. The molecule has 2 aromatic rings. The molecule has 2 aromatic carbocycles. The molecule has 0 aliphatic heterocycles.